The molecule has 27 heavy (non-hydrogen) atoms. The number of aliphatic imine (C=N–C) groups is 1. The fraction of sp³-hybridized carbons (Fsp3) is 0.158. The third-order valence-corrected chi connectivity index (χ3v) is 4.30. The number of nitrogens with zero attached hydrogens (tertiary/aromatic N) is 2. The lowest BCUT2D eigenvalue weighted by Crippen LogP contribution is -2.24. The molecule has 0 aliphatic rings. The van der Waals surface area contributed by atoms with Crippen LogP contribution in [0.15, 0.2) is 53.5 Å². The van der Waals surface area contributed by atoms with Gasteiger partial charge in [0.25, 0.3) is 0 Å². The van der Waals surface area contributed by atoms with Crippen LogP contribution in [-0.2, 0) is 4.74 Å². The lowest BCUT2D eigenvalue weighted by Gasteiger charge is -2.12. The molecule has 0 saturated carbocycles. The van der Waals surface area contributed by atoms with Crippen LogP contribution in [0.1, 0.15) is 27.6 Å². The van der Waals surface area contributed by atoms with Crippen LogP contribution in [-0.4, -0.2) is 29.3 Å². The largest absolute Gasteiger partial charge is 0.451 e. The summed E-state index contributed by atoms with van der Waals surface area (Å²) in [7, 11) is 0. The Morgan fingerprint density at radius 3 is 2.30 bits per heavy atom. The van der Waals surface area contributed by atoms with Crippen LogP contribution in [0.25, 0.3) is 0 Å². The molecule has 1 N–H and O–H groups in total. The highest BCUT2D eigenvalue weighted by molar-refractivity contribution is 8.13. The Hall–Kier alpha value is -2.82. The molecule has 2 aromatic rings. The quantitative estimate of drug-likeness (QED) is 0.202. The molecular formula is C19H16ClN3O3S. The number of Topliss-reactive ketones (excluding diaryl/α,β-unsaturated/α-hetero) is 1. The number of amidine groups is 1. The van der Waals surface area contributed by atoms with Crippen molar-refractivity contribution >= 4 is 46.0 Å². The van der Waals surface area contributed by atoms with Crippen LogP contribution in [0.2, 0.25) is 5.02 Å². The Morgan fingerprint density at radius 1 is 1.15 bits per heavy atom. The summed E-state index contributed by atoms with van der Waals surface area (Å²) >= 11 is 7.09. The fourth-order valence-electron chi connectivity index (χ4n) is 2.09. The van der Waals surface area contributed by atoms with E-state index in [-0.39, 0.29) is 5.78 Å². The summed E-state index contributed by atoms with van der Waals surface area (Å²) in [5.74, 6) is -0.922. The first-order valence-corrected chi connectivity index (χ1v) is 9.43. The molecule has 1 unspecified atom stereocenters. The second-order valence-corrected chi connectivity index (χ2v) is 6.55. The highest BCUT2D eigenvalue weighted by Gasteiger charge is 2.20. The van der Waals surface area contributed by atoms with Crippen molar-refractivity contribution in [3.63, 3.8) is 0 Å². The van der Waals surface area contributed by atoms with Gasteiger partial charge in [-0.05, 0) is 61.7 Å². The SMILES string of the molecule is CSC(=Nc1ccc(C(=O)OC(C)C(=O)c2ccc(Cl)cc2)cc1)NC#N. The molecule has 0 saturated heterocycles. The number of ketones is 1. The standard InChI is InChI=1S/C19H16ClN3O3S/c1-12(17(24)13-3-7-15(20)8-4-13)26-18(25)14-5-9-16(10-6-14)23-19(27-2)22-11-21/h3-10,12H,1-2H3,(H,22,23). The van der Waals surface area contributed by atoms with Crippen molar-refractivity contribution in [2.45, 2.75) is 13.0 Å². The maximum atomic E-state index is 12.3. The summed E-state index contributed by atoms with van der Waals surface area (Å²) in [5.41, 5.74) is 1.28. The Balaban J connectivity index is 2.04. The van der Waals surface area contributed by atoms with Crippen molar-refractivity contribution in [3.05, 3.63) is 64.7 Å². The molecule has 2 rings (SSSR count). The third kappa shape index (κ3) is 5.84. The first-order chi connectivity index (χ1) is 12.9. The summed E-state index contributed by atoms with van der Waals surface area (Å²) in [5, 5.41) is 12.1. The van der Waals surface area contributed by atoms with Crippen molar-refractivity contribution < 1.29 is 14.3 Å². The molecule has 0 spiro atoms. The lowest BCUT2D eigenvalue weighted by atomic mass is 10.1. The zero-order valence-corrected chi connectivity index (χ0v) is 16.2. The molecule has 0 heterocycles. The number of esters is 1. The monoisotopic (exact) mass is 401 g/mol. The van der Waals surface area contributed by atoms with Gasteiger partial charge in [0, 0.05) is 10.6 Å². The maximum Gasteiger partial charge on any atom is 0.338 e. The van der Waals surface area contributed by atoms with Gasteiger partial charge in [0.15, 0.2) is 17.5 Å². The molecule has 6 nitrogen and oxygen atoms in total. The zero-order valence-electron chi connectivity index (χ0n) is 14.6. The molecule has 0 amide bonds. The molecule has 0 bridgehead atoms. The molecular weight excluding hydrogens is 386 g/mol. The first-order valence-electron chi connectivity index (χ1n) is 7.83. The van der Waals surface area contributed by atoms with Crippen LogP contribution in [0, 0.1) is 11.5 Å². The van der Waals surface area contributed by atoms with E-state index in [9.17, 15) is 9.59 Å². The number of hydrogen-bond acceptors (Lipinski definition) is 6. The summed E-state index contributed by atoms with van der Waals surface area (Å²) < 4.78 is 5.25. The highest BCUT2D eigenvalue weighted by atomic mass is 35.5. The van der Waals surface area contributed by atoms with E-state index < -0.39 is 12.1 Å². The van der Waals surface area contributed by atoms with Gasteiger partial charge >= 0.3 is 5.97 Å². The van der Waals surface area contributed by atoms with Crippen molar-refractivity contribution in [1.82, 2.24) is 5.32 Å². The number of benzene rings is 2. The minimum Gasteiger partial charge on any atom is -0.451 e. The summed E-state index contributed by atoms with van der Waals surface area (Å²) in [6.07, 6.45) is 2.66. The number of ether oxygens (including phenoxy) is 1. The summed E-state index contributed by atoms with van der Waals surface area (Å²) in [6.45, 7) is 1.52. The van der Waals surface area contributed by atoms with Gasteiger partial charge in [0.2, 0.25) is 5.78 Å². The normalized spacial score (nSPS) is 12.0. The molecule has 0 aliphatic carbocycles. The first kappa shape index (κ1) is 20.5. The van der Waals surface area contributed by atoms with E-state index in [4.69, 9.17) is 21.6 Å². The fourth-order valence-corrected chi connectivity index (χ4v) is 2.56. The molecule has 0 radical (unpaired) electrons. The predicted octanol–water partition coefficient (Wildman–Crippen LogP) is 4.19. The second kappa shape index (κ2) is 9.76. The number of carbonyl (C=O) groups excluding carboxylic acids is 2. The Labute approximate surface area is 166 Å². The maximum absolute atomic E-state index is 12.3. The lowest BCUT2D eigenvalue weighted by molar-refractivity contribution is 0.0319. The van der Waals surface area contributed by atoms with Gasteiger partial charge < -0.3 is 4.74 Å². The number of halogens is 1. The van der Waals surface area contributed by atoms with Gasteiger partial charge in [-0.2, -0.15) is 5.26 Å². The molecule has 0 aromatic heterocycles. The van der Waals surface area contributed by atoms with E-state index in [1.165, 1.54) is 18.7 Å². The van der Waals surface area contributed by atoms with Gasteiger partial charge in [-0.25, -0.2) is 9.79 Å². The number of nitriles is 1. The zero-order chi connectivity index (χ0) is 19.8. The Morgan fingerprint density at radius 2 is 1.74 bits per heavy atom. The van der Waals surface area contributed by atoms with E-state index >= 15 is 0 Å². The van der Waals surface area contributed by atoms with E-state index in [1.54, 1.807) is 61.0 Å². The highest BCUT2D eigenvalue weighted by Crippen LogP contribution is 2.17. The van der Waals surface area contributed by atoms with Gasteiger partial charge in [-0.15, -0.1) is 0 Å². The van der Waals surface area contributed by atoms with Crippen molar-refractivity contribution in [1.29, 1.82) is 5.26 Å². The van der Waals surface area contributed by atoms with Gasteiger partial charge in [0.05, 0.1) is 11.3 Å². The van der Waals surface area contributed by atoms with Crippen molar-refractivity contribution in [2.24, 2.45) is 4.99 Å². The molecule has 0 fully saturated rings. The third-order valence-electron chi connectivity index (χ3n) is 3.47. The average Bonchev–Trinajstić information content (AvgIpc) is 2.68. The molecule has 0 aliphatic heterocycles. The second-order valence-electron chi connectivity index (χ2n) is 5.32. The van der Waals surface area contributed by atoms with Gasteiger partial charge in [-0.3, -0.25) is 10.1 Å². The number of nitrogens with one attached hydrogen (secondary N) is 1. The minimum atomic E-state index is -0.931. The smallest absolute Gasteiger partial charge is 0.338 e. The van der Waals surface area contributed by atoms with E-state index in [0.717, 1.165) is 0 Å². The van der Waals surface area contributed by atoms with Crippen LogP contribution in [0.3, 0.4) is 0 Å². The summed E-state index contributed by atoms with van der Waals surface area (Å²) in [6, 6.07) is 12.7. The van der Waals surface area contributed by atoms with Crippen LogP contribution in [0.4, 0.5) is 5.69 Å². The van der Waals surface area contributed by atoms with Crippen molar-refractivity contribution in [3.8, 4) is 6.19 Å². The topological polar surface area (TPSA) is 91.5 Å². The summed E-state index contributed by atoms with van der Waals surface area (Å²) in [4.78, 5) is 28.8. The van der Waals surface area contributed by atoms with Gasteiger partial charge in [-0.1, -0.05) is 23.4 Å². The van der Waals surface area contributed by atoms with Crippen LogP contribution < -0.4 is 5.32 Å². The number of carbonyl (C=O) groups is 2. The molecule has 8 heteroatoms. The van der Waals surface area contributed by atoms with Gasteiger partial charge in [0.1, 0.15) is 0 Å². The number of hydrogen-bond donors (Lipinski definition) is 1. The Kier molecular flexibility index (Phi) is 7.41. The minimum absolute atomic E-state index is 0.295. The van der Waals surface area contributed by atoms with Crippen molar-refractivity contribution in [2.75, 3.05) is 6.26 Å². The molecule has 2 aromatic carbocycles. The van der Waals surface area contributed by atoms with E-state index in [1.807, 2.05) is 0 Å². The van der Waals surface area contributed by atoms with Crippen LogP contribution in [0.5, 0.6) is 0 Å². The molecule has 1 atom stereocenters. The Bertz CT molecular complexity index is 890. The van der Waals surface area contributed by atoms with Crippen LogP contribution >= 0.6 is 23.4 Å². The van der Waals surface area contributed by atoms with E-state index in [2.05, 4.69) is 10.3 Å². The predicted molar refractivity (Wildman–Crippen MR) is 106 cm³/mol. The van der Waals surface area contributed by atoms with E-state index in [0.29, 0.717) is 27.0 Å². The number of rotatable bonds is 5. The average molecular weight is 402 g/mol. The molecule has 138 valence electrons. The number of thioether (sulfide) groups is 1.